The maximum absolute atomic E-state index is 12.3. The topological polar surface area (TPSA) is 61.8 Å². The number of likely N-dealkylation sites (N-methyl/N-ethyl adjacent to an activating group) is 1. The van der Waals surface area contributed by atoms with Crippen LogP contribution in [0.25, 0.3) is 0 Å². The molecular formula is C18H28N2O3. The molecule has 1 fully saturated rings. The van der Waals surface area contributed by atoms with Gasteiger partial charge >= 0.3 is 6.03 Å². The molecule has 2 amide bonds. The van der Waals surface area contributed by atoms with Crippen LogP contribution in [0, 0.1) is 0 Å². The van der Waals surface area contributed by atoms with Gasteiger partial charge in [0.2, 0.25) is 0 Å². The van der Waals surface area contributed by atoms with Crippen molar-refractivity contribution >= 4 is 6.03 Å². The molecule has 0 bridgehead atoms. The predicted molar refractivity (Wildman–Crippen MR) is 90.5 cm³/mol. The zero-order valence-corrected chi connectivity index (χ0v) is 14.3. The predicted octanol–water partition coefficient (Wildman–Crippen LogP) is 2.15. The molecule has 128 valence electrons. The Bertz CT molecular complexity index is 505. The summed E-state index contributed by atoms with van der Waals surface area (Å²) in [5.41, 5.74) is 0.265. The Hall–Kier alpha value is -1.59. The number of rotatable bonds is 5. The van der Waals surface area contributed by atoms with Gasteiger partial charge in [-0.1, -0.05) is 30.3 Å². The van der Waals surface area contributed by atoms with Crippen molar-refractivity contribution in [3.63, 3.8) is 0 Å². The van der Waals surface area contributed by atoms with Gasteiger partial charge in [0.25, 0.3) is 0 Å². The van der Waals surface area contributed by atoms with Crippen LogP contribution in [0.3, 0.4) is 0 Å². The monoisotopic (exact) mass is 320 g/mol. The second-order valence-electron chi connectivity index (χ2n) is 7.09. The van der Waals surface area contributed by atoms with Crippen molar-refractivity contribution in [2.45, 2.75) is 37.7 Å². The van der Waals surface area contributed by atoms with Crippen LogP contribution in [0.2, 0.25) is 0 Å². The molecule has 23 heavy (non-hydrogen) atoms. The lowest BCUT2D eigenvalue weighted by Gasteiger charge is -2.38. The van der Waals surface area contributed by atoms with Crippen molar-refractivity contribution < 1.29 is 14.6 Å². The zero-order valence-electron chi connectivity index (χ0n) is 14.3. The first kappa shape index (κ1) is 17.8. The van der Waals surface area contributed by atoms with Crippen LogP contribution in [0.5, 0.6) is 0 Å². The summed E-state index contributed by atoms with van der Waals surface area (Å²) in [6.07, 6.45) is 1.79. The van der Waals surface area contributed by atoms with E-state index in [0.29, 0.717) is 26.3 Å². The van der Waals surface area contributed by atoms with Crippen LogP contribution in [-0.4, -0.2) is 55.0 Å². The fourth-order valence-corrected chi connectivity index (χ4v) is 3.15. The average Bonchev–Trinajstić information content (AvgIpc) is 2.53. The van der Waals surface area contributed by atoms with E-state index in [0.717, 1.165) is 12.8 Å². The van der Waals surface area contributed by atoms with Gasteiger partial charge in [-0.2, -0.15) is 0 Å². The highest BCUT2D eigenvalue weighted by Crippen LogP contribution is 2.34. The third kappa shape index (κ3) is 4.94. The number of aliphatic hydroxyl groups is 1. The molecule has 2 rings (SSSR count). The zero-order chi connectivity index (χ0) is 16.9. The summed E-state index contributed by atoms with van der Waals surface area (Å²) in [6.45, 7) is 5.69. The van der Waals surface area contributed by atoms with Gasteiger partial charge in [-0.25, -0.2) is 4.79 Å². The van der Waals surface area contributed by atoms with Crippen LogP contribution in [-0.2, 0) is 10.2 Å². The van der Waals surface area contributed by atoms with Crippen LogP contribution in [0.15, 0.2) is 30.3 Å². The molecule has 0 spiro atoms. The molecule has 0 aromatic heterocycles. The number of benzene rings is 1. The minimum Gasteiger partial charge on any atom is -0.389 e. The minimum absolute atomic E-state index is 0.0786. The Kier molecular flexibility index (Phi) is 5.65. The minimum atomic E-state index is -0.901. The Morgan fingerprint density at radius 3 is 2.48 bits per heavy atom. The SMILES string of the molecule is CN(CC(C)(C)O)C(=O)NCC1(c2ccccc2)CCOCC1. The van der Waals surface area contributed by atoms with E-state index < -0.39 is 5.60 Å². The first-order valence-electron chi connectivity index (χ1n) is 8.17. The number of amides is 2. The molecule has 2 N–H and O–H groups in total. The molecule has 1 aromatic carbocycles. The van der Waals surface area contributed by atoms with Gasteiger partial charge < -0.3 is 20.1 Å². The summed E-state index contributed by atoms with van der Waals surface area (Å²) >= 11 is 0. The maximum atomic E-state index is 12.3. The highest BCUT2D eigenvalue weighted by molar-refractivity contribution is 5.74. The fourth-order valence-electron chi connectivity index (χ4n) is 3.15. The van der Waals surface area contributed by atoms with Crippen LogP contribution in [0.1, 0.15) is 32.3 Å². The molecule has 1 aliphatic heterocycles. The third-order valence-corrected chi connectivity index (χ3v) is 4.38. The molecule has 0 unspecified atom stereocenters. The lowest BCUT2D eigenvalue weighted by Crippen LogP contribution is -2.50. The van der Waals surface area contributed by atoms with Crippen molar-refractivity contribution in [2.24, 2.45) is 0 Å². The number of carbonyl (C=O) groups excluding carboxylic acids is 1. The summed E-state index contributed by atoms with van der Waals surface area (Å²) in [5, 5.41) is 12.9. The van der Waals surface area contributed by atoms with E-state index in [9.17, 15) is 9.90 Å². The van der Waals surface area contributed by atoms with Crippen LogP contribution in [0.4, 0.5) is 4.79 Å². The van der Waals surface area contributed by atoms with Crippen molar-refractivity contribution in [2.75, 3.05) is 33.4 Å². The van der Waals surface area contributed by atoms with E-state index >= 15 is 0 Å². The van der Waals surface area contributed by atoms with Gasteiger partial charge in [0.15, 0.2) is 0 Å². The Morgan fingerprint density at radius 1 is 1.30 bits per heavy atom. The highest BCUT2D eigenvalue weighted by Gasteiger charge is 2.35. The number of nitrogens with one attached hydrogen (secondary N) is 1. The largest absolute Gasteiger partial charge is 0.389 e. The van der Waals surface area contributed by atoms with Crippen molar-refractivity contribution in [1.29, 1.82) is 0 Å². The molecule has 1 saturated heterocycles. The molecule has 0 radical (unpaired) electrons. The molecule has 0 aliphatic carbocycles. The molecule has 5 heteroatoms. The molecule has 1 aromatic rings. The number of urea groups is 1. The molecule has 1 aliphatic rings. The second kappa shape index (κ2) is 7.32. The van der Waals surface area contributed by atoms with Crippen molar-refractivity contribution in [3.8, 4) is 0 Å². The highest BCUT2D eigenvalue weighted by atomic mass is 16.5. The normalized spacial score (nSPS) is 17.6. The van der Waals surface area contributed by atoms with E-state index in [1.165, 1.54) is 10.5 Å². The second-order valence-corrected chi connectivity index (χ2v) is 7.09. The van der Waals surface area contributed by atoms with E-state index in [1.54, 1.807) is 20.9 Å². The molecule has 1 heterocycles. The Morgan fingerprint density at radius 2 is 1.91 bits per heavy atom. The first-order valence-corrected chi connectivity index (χ1v) is 8.17. The lowest BCUT2D eigenvalue weighted by atomic mass is 9.74. The summed E-state index contributed by atoms with van der Waals surface area (Å²) in [7, 11) is 1.70. The van der Waals surface area contributed by atoms with E-state index in [4.69, 9.17) is 4.74 Å². The van der Waals surface area contributed by atoms with E-state index in [-0.39, 0.29) is 11.4 Å². The molecule has 0 atom stereocenters. The summed E-state index contributed by atoms with van der Waals surface area (Å²) in [6, 6.07) is 10.2. The lowest BCUT2D eigenvalue weighted by molar-refractivity contribution is 0.0458. The van der Waals surface area contributed by atoms with E-state index in [2.05, 4.69) is 17.4 Å². The number of hydrogen-bond donors (Lipinski definition) is 2. The maximum Gasteiger partial charge on any atom is 0.317 e. The van der Waals surface area contributed by atoms with Gasteiger partial charge in [-0.15, -0.1) is 0 Å². The Balaban J connectivity index is 2.03. The van der Waals surface area contributed by atoms with Gasteiger partial charge in [0.05, 0.1) is 12.1 Å². The number of hydrogen-bond acceptors (Lipinski definition) is 3. The van der Waals surface area contributed by atoms with Gasteiger partial charge in [-0.05, 0) is 32.3 Å². The quantitative estimate of drug-likeness (QED) is 0.874. The van der Waals surface area contributed by atoms with E-state index in [1.807, 2.05) is 18.2 Å². The summed E-state index contributed by atoms with van der Waals surface area (Å²) in [4.78, 5) is 13.8. The van der Waals surface area contributed by atoms with Gasteiger partial charge in [0, 0.05) is 32.2 Å². The van der Waals surface area contributed by atoms with Gasteiger partial charge in [-0.3, -0.25) is 0 Å². The standard InChI is InChI=1S/C18H28N2O3/c1-17(2,22)14-20(3)16(21)19-13-18(9-11-23-12-10-18)15-7-5-4-6-8-15/h4-8,22H,9-14H2,1-3H3,(H,19,21). The number of nitrogens with zero attached hydrogens (tertiary/aromatic N) is 1. The van der Waals surface area contributed by atoms with Crippen LogP contribution < -0.4 is 5.32 Å². The third-order valence-electron chi connectivity index (χ3n) is 4.38. The van der Waals surface area contributed by atoms with Crippen molar-refractivity contribution in [1.82, 2.24) is 10.2 Å². The summed E-state index contributed by atoms with van der Waals surface area (Å²) in [5.74, 6) is 0. The average molecular weight is 320 g/mol. The van der Waals surface area contributed by atoms with Gasteiger partial charge in [0.1, 0.15) is 0 Å². The Labute approximate surface area is 138 Å². The smallest absolute Gasteiger partial charge is 0.317 e. The van der Waals surface area contributed by atoms with Crippen LogP contribution >= 0.6 is 0 Å². The van der Waals surface area contributed by atoms with Crippen molar-refractivity contribution in [3.05, 3.63) is 35.9 Å². The first-order chi connectivity index (χ1) is 10.8. The molecule has 5 nitrogen and oxygen atoms in total. The number of ether oxygens (including phenoxy) is 1. The molecule has 0 saturated carbocycles. The fraction of sp³-hybridized carbons (Fsp3) is 0.611. The summed E-state index contributed by atoms with van der Waals surface area (Å²) < 4.78 is 5.51. The number of carbonyl (C=O) groups is 1. The molecular weight excluding hydrogens is 292 g/mol.